The van der Waals surface area contributed by atoms with Crippen molar-refractivity contribution in [2.75, 3.05) is 0 Å². The van der Waals surface area contributed by atoms with E-state index in [1.54, 1.807) is 4.02 Å². The third-order valence-electron chi connectivity index (χ3n) is 2.35. The second-order valence-electron chi connectivity index (χ2n) is 5.80. The molecule has 1 nitrogen and oxygen atoms in total. The van der Waals surface area contributed by atoms with Gasteiger partial charge in [-0.1, -0.05) is 0 Å². The molecule has 1 heterocycles. The molecule has 4 heteroatoms. The molecule has 0 aliphatic rings. The maximum atomic E-state index is 11.6. The van der Waals surface area contributed by atoms with Crippen molar-refractivity contribution in [2.45, 2.75) is 39.3 Å². The third-order valence-corrected chi connectivity index (χ3v) is 11.2. The molecular formula is C9H18AlOSi2+. The van der Waals surface area contributed by atoms with Crippen molar-refractivity contribution in [2.24, 2.45) is 0 Å². The first-order chi connectivity index (χ1) is 5.64. The normalized spacial score (nSPS) is 13.4. The molecule has 1 aromatic rings. The average molecular weight is 225 g/mol. The Labute approximate surface area is 88.5 Å². The first-order valence-corrected chi connectivity index (χ1v) is 12.9. The molecule has 0 aliphatic heterocycles. The topological polar surface area (TPSA) is 17.1 Å². The van der Waals surface area contributed by atoms with E-state index in [0.29, 0.717) is 4.27 Å². The van der Waals surface area contributed by atoms with Gasteiger partial charge in [-0.15, -0.1) is 0 Å². The Bertz CT molecular complexity index is 343. The summed E-state index contributed by atoms with van der Waals surface area (Å²) in [7, 11) is -2.48. The second kappa shape index (κ2) is 3.20. The van der Waals surface area contributed by atoms with E-state index in [1.165, 1.54) is 5.19 Å². The molecule has 0 N–H and O–H groups in total. The fourth-order valence-corrected chi connectivity index (χ4v) is 12.3. The van der Waals surface area contributed by atoms with E-state index in [2.05, 4.69) is 39.3 Å². The van der Waals surface area contributed by atoms with Gasteiger partial charge >= 0.3 is 88.5 Å². The molecule has 70 valence electrons. The van der Waals surface area contributed by atoms with Crippen LogP contribution in [0.15, 0.2) is 4.79 Å². The molecule has 0 radical (unpaired) electrons. The van der Waals surface area contributed by atoms with Crippen molar-refractivity contribution in [3.05, 3.63) is 9.06 Å². The van der Waals surface area contributed by atoms with Crippen LogP contribution in [-0.2, 0) is 0 Å². The zero-order valence-electron chi connectivity index (χ0n) is 9.49. The van der Waals surface area contributed by atoms with Crippen molar-refractivity contribution < 1.29 is 0 Å². The van der Waals surface area contributed by atoms with Crippen LogP contribution in [0.5, 0.6) is 0 Å². The van der Waals surface area contributed by atoms with Gasteiger partial charge in [0.15, 0.2) is 0 Å². The van der Waals surface area contributed by atoms with Crippen molar-refractivity contribution in [3.8, 4) is 0 Å². The minimum absolute atomic E-state index is 0.0387. The third kappa shape index (κ3) is 2.24. The first-order valence-electron chi connectivity index (χ1n) is 4.78. The summed E-state index contributed by atoms with van der Waals surface area (Å²) in [4.78, 5) is 11.6. The number of hydrogen-bond acceptors (Lipinski definition) is 1. The molecule has 13 heavy (non-hydrogen) atoms. The predicted octanol–water partition coefficient (Wildman–Crippen LogP) is 0.632. The van der Waals surface area contributed by atoms with Crippen LogP contribution < -0.4 is 13.5 Å². The molecule has 0 aromatic carbocycles. The summed E-state index contributed by atoms with van der Waals surface area (Å²) in [6.07, 6.45) is 0. The van der Waals surface area contributed by atoms with E-state index in [9.17, 15) is 4.79 Å². The van der Waals surface area contributed by atoms with Crippen LogP contribution in [0.4, 0.5) is 0 Å². The molecule has 0 spiro atoms. The summed E-state index contributed by atoms with van der Waals surface area (Å²) < 4.78 is 2.16. The van der Waals surface area contributed by atoms with E-state index in [-0.39, 0.29) is 14.8 Å². The molecule has 0 amide bonds. The first kappa shape index (κ1) is 11.5. The molecule has 0 saturated heterocycles. The Morgan fingerprint density at radius 1 is 0.923 bits per heavy atom. The minimum atomic E-state index is -1.32. The fraction of sp³-hybridized carbons (Fsp3) is 0.667. The van der Waals surface area contributed by atoms with Crippen LogP contribution in [0.25, 0.3) is 0 Å². The zero-order valence-corrected chi connectivity index (χ0v) is 12.6. The monoisotopic (exact) mass is 225 g/mol. The van der Waals surface area contributed by atoms with E-state index in [1.807, 2.05) is 0 Å². The molecule has 0 aliphatic carbocycles. The number of hydrogen-bond donors (Lipinski definition) is 0. The van der Waals surface area contributed by atoms with Gasteiger partial charge in [-0.3, -0.25) is 0 Å². The van der Waals surface area contributed by atoms with Gasteiger partial charge in [0.1, 0.15) is 0 Å². The van der Waals surface area contributed by atoms with E-state index in [4.69, 9.17) is 0 Å². The van der Waals surface area contributed by atoms with Crippen molar-refractivity contribution >= 4 is 40.1 Å². The Kier molecular flexibility index (Phi) is 2.82. The fourth-order valence-electron chi connectivity index (χ4n) is 1.70. The molecule has 0 atom stereocenters. The van der Waals surface area contributed by atoms with Gasteiger partial charge in [-0.25, -0.2) is 0 Å². The van der Waals surface area contributed by atoms with E-state index < -0.39 is 16.1 Å². The van der Waals surface area contributed by atoms with Crippen LogP contribution in [-0.4, -0.2) is 30.9 Å². The molecule has 0 saturated carbocycles. The number of rotatable bonds is 2. The molecule has 1 aromatic heterocycles. The van der Waals surface area contributed by atoms with Crippen LogP contribution in [0.3, 0.4) is 0 Å². The van der Waals surface area contributed by atoms with Crippen LogP contribution in [0.2, 0.25) is 39.3 Å². The maximum absolute atomic E-state index is 11.6. The summed E-state index contributed by atoms with van der Waals surface area (Å²) in [6.45, 7) is 14.0. The van der Waals surface area contributed by atoms with Crippen molar-refractivity contribution in [1.82, 2.24) is 0 Å². The molecule has 1 rings (SSSR count). The molecule has 0 bridgehead atoms. The molecular weight excluding hydrogens is 207 g/mol. The van der Waals surface area contributed by atoms with E-state index in [0.717, 1.165) is 0 Å². The SMILES string of the molecule is C[Si](C)(C)[c]1[Al+][c](=O)c1[Si](C)(C)C. The quantitative estimate of drug-likeness (QED) is 0.675. The standard InChI is InChI=1S/C9H18OSi2.Al/c1-11(2,3)8-9(7-10)12(4,5)6;/h1-6H3;/q;+1. The Balaban J connectivity index is 3.19. The summed E-state index contributed by atoms with van der Waals surface area (Å²) in [6, 6.07) is 0. The Morgan fingerprint density at radius 3 is 1.54 bits per heavy atom. The summed E-state index contributed by atoms with van der Waals surface area (Å²) in [5.74, 6) is 0. The van der Waals surface area contributed by atoms with Gasteiger partial charge in [0.05, 0.1) is 0 Å². The van der Waals surface area contributed by atoms with Crippen LogP contribution in [0, 0.1) is 0 Å². The second-order valence-corrected chi connectivity index (χ2v) is 17.8. The van der Waals surface area contributed by atoms with E-state index >= 15 is 0 Å². The van der Waals surface area contributed by atoms with Gasteiger partial charge in [-0.05, 0) is 0 Å². The van der Waals surface area contributed by atoms with Crippen LogP contribution >= 0.6 is 0 Å². The average Bonchev–Trinajstić information content (AvgIpc) is 1.75. The van der Waals surface area contributed by atoms with Gasteiger partial charge < -0.3 is 0 Å². The Hall–Kier alpha value is 0.376. The van der Waals surface area contributed by atoms with Crippen LogP contribution in [0.1, 0.15) is 0 Å². The van der Waals surface area contributed by atoms with Gasteiger partial charge in [0.25, 0.3) is 0 Å². The zero-order chi connectivity index (χ0) is 10.4. The van der Waals surface area contributed by atoms with Crippen molar-refractivity contribution in [1.29, 1.82) is 0 Å². The summed E-state index contributed by atoms with van der Waals surface area (Å²) >= 11 is 0.0387. The summed E-state index contributed by atoms with van der Waals surface area (Å²) in [5.41, 5.74) is 0. The van der Waals surface area contributed by atoms with Crippen molar-refractivity contribution in [3.63, 3.8) is 0 Å². The predicted molar refractivity (Wildman–Crippen MR) is 66.8 cm³/mol. The van der Waals surface area contributed by atoms with Gasteiger partial charge in [0.2, 0.25) is 0 Å². The molecule has 0 unspecified atom stereocenters. The summed E-state index contributed by atoms with van der Waals surface area (Å²) in [5, 5.41) is 1.31. The Morgan fingerprint density at radius 2 is 1.38 bits per heavy atom. The van der Waals surface area contributed by atoms with Gasteiger partial charge in [0, 0.05) is 0 Å². The van der Waals surface area contributed by atoms with Gasteiger partial charge in [-0.2, -0.15) is 0 Å². The molecule has 0 fully saturated rings.